The van der Waals surface area contributed by atoms with Crippen LogP contribution in [0.15, 0.2) is 48.5 Å². The van der Waals surface area contributed by atoms with E-state index in [4.69, 9.17) is 9.47 Å². The molecule has 2 rings (SSSR count). The second-order valence-electron chi connectivity index (χ2n) is 4.44. The molecule has 0 spiro atoms. The fourth-order valence-electron chi connectivity index (χ4n) is 1.72. The lowest BCUT2D eigenvalue weighted by Gasteiger charge is -2.15. The van der Waals surface area contributed by atoms with Crippen molar-refractivity contribution < 1.29 is 18.7 Å². The molecule has 0 saturated heterocycles. The summed E-state index contributed by atoms with van der Waals surface area (Å²) in [5, 5.41) is 2.60. The van der Waals surface area contributed by atoms with Gasteiger partial charge in [0.05, 0.1) is 7.11 Å². The first-order valence-electron chi connectivity index (χ1n) is 6.45. The molecule has 0 radical (unpaired) electrons. The Hall–Kier alpha value is -2.56. The van der Waals surface area contributed by atoms with Gasteiger partial charge in [-0.15, -0.1) is 0 Å². The third-order valence-corrected chi connectivity index (χ3v) is 2.83. The maximum Gasteiger partial charge on any atom is 0.265 e. The van der Waals surface area contributed by atoms with Crippen LogP contribution in [0, 0.1) is 5.82 Å². The van der Waals surface area contributed by atoms with E-state index in [0.29, 0.717) is 17.2 Å². The predicted molar refractivity (Wildman–Crippen MR) is 78.1 cm³/mol. The molecule has 1 atom stereocenters. The summed E-state index contributed by atoms with van der Waals surface area (Å²) in [6.45, 7) is 1.62. The number of rotatable bonds is 5. The molecular formula is C16H16FNO3. The summed E-state index contributed by atoms with van der Waals surface area (Å²) in [4.78, 5) is 12.0. The summed E-state index contributed by atoms with van der Waals surface area (Å²) in [6, 6.07) is 12.6. The van der Waals surface area contributed by atoms with Crippen molar-refractivity contribution in [3.8, 4) is 11.5 Å². The van der Waals surface area contributed by atoms with E-state index in [1.165, 1.54) is 18.2 Å². The van der Waals surface area contributed by atoms with Crippen LogP contribution in [0.4, 0.5) is 10.1 Å². The fraction of sp³-hybridized carbons (Fsp3) is 0.188. The van der Waals surface area contributed by atoms with E-state index in [0.717, 1.165) is 0 Å². The van der Waals surface area contributed by atoms with Gasteiger partial charge in [0.15, 0.2) is 6.10 Å². The second-order valence-corrected chi connectivity index (χ2v) is 4.44. The first-order chi connectivity index (χ1) is 10.1. The molecule has 4 nitrogen and oxygen atoms in total. The molecule has 0 aliphatic heterocycles. The van der Waals surface area contributed by atoms with Crippen LogP contribution in [-0.2, 0) is 4.79 Å². The van der Waals surface area contributed by atoms with Gasteiger partial charge in [-0.25, -0.2) is 4.39 Å². The zero-order valence-electron chi connectivity index (χ0n) is 11.8. The van der Waals surface area contributed by atoms with Crippen molar-refractivity contribution in [1.29, 1.82) is 0 Å². The van der Waals surface area contributed by atoms with Gasteiger partial charge in [0.25, 0.3) is 5.91 Å². The van der Waals surface area contributed by atoms with Crippen LogP contribution in [-0.4, -0.2) is 19.1 Å². The van der Waals surface area contributed by atoms with Crippen molar-refractivity contribution in [2.24, 2.45) is 0 Å². The Balaban J connectivity index is 1.95. The van der Waals surface area contributed by atoms with Gasteiger partial charge in [-0.2, -0.15) is 0 Å². The molecule has 1 N–H and O–H groups in total. The average Bonchev–Trinajstić information content (AvgIpc) is 2.48. The zero-order valence-corrected chi connectivity index (χ0v) is 11.8. The molecule has 0 aliphatic rings. The first kappa shape index (κ1) is 14.8. The summed E-state index contributed by atoms with van der Waals surface area (Å²) < 4.78 is 23.6. The van der Waals surface area contributed by atoms with Gasteiger partial charge in [0, 0.05) is 5.69 Å². The number of amides is 1. The Kier molecular flexibility index (Phi) is 4.77. The van der Waals surface area contributed by atoms with Crippen LogP contribution >= 0.6 is 0 Å². The van der Waals surface area contributed by atoms with E-state index in [-0.39, 0.29) is 5.91 Å². The summed E-state index contributed by atoms with van der Waals surface area (Å²) in [5.41, 5.74) is 0.394. The maximum absolute atomic E-state index is 13.0. The third kappa shape index (κ3) is 4.21. The number of carbonyl (C=O) groups is 1. The second kappa shape index (κ2) is 6.74. The van der Waals surface area contributed by atoms with Crippen LogP contribution in [0.1, 0.15) is 6.92 Å². The fourth-order valence-corrected chi connectivity index (χ4v) is 1.72. The number of anilines is 1. The Labute approximate surface area is 122 Å². The van der Waals surface area contributed by atoms with Gasteiger partial charge >= 0.3 is 0 Å². The molecule has 0 fully saturated rings. The average molecular weight is 289 g/mol. The summed E-state index contributed by atoms with van der Waals surface area (Å²) in [6.07, 6.45) is -0.707. The standard InChI is InChI=1S/C16H16FNO3/c1-11(21-15-8-6-14(20-2)7-9-15)16(19)18-13-5-3-4-12(17)10-13/h3-11H,1-2H3,(H,18,19)/t11-/m0/s1. The van der Waals surface area contributed by atoms with E-state index in [1.54, 1.807) is 44.4 Å². The lowest BCUT2D eigenvalue weighted by Crippen LogP contribution is -2.30. The van der Waals surface area contributed by atoms with E-state index in [2.05, 4.69) is 5.32 Å². The number of halogens is 1. The highest BCUT2D eigenvalue weighted by Gasteiger charge is 2.15. The number of ether oxygens (including phenoxy) is 2. The monoisotopic (exact) mass is 289 g/mol. The predicted octanol–water partition coefficient (Wildman–Crippen LogP) is 3.24. The highest BCUT2D eigenvalue weighted by Crippen LogP contribution is 2.18. The van der Waals surface area contributed by atoms with Crippen molar-refractivity contribution in [2.75, 3.05) is 12.4 Å². The van der Waals surface area contributed by atoms with E-state index in [1.807, 2.05) is 0 Å². The van der Waals surface area contributed by atoms with Crippen molar-refractivity contribution >= 4 is 11.6 Å². The first-order valence-corrected chi connectivity index (χ1v) is 6.45. The van der Waals surface area contributed by atoms with Gasteiger partial charge in [0.2, 0.25) is 0 Å². The highest BCUT2D eigenvalue weighted by molar-refractivity contribution is 5.94. The van der Waals surface area contributed by atoms with Crippen molar-refractivity contribution in [2.45, 2.75) is 13.0 Å². The van der Waals surface area contributed by atoms with Crippen molar-refractivity contribution in [1.82, 2.24) is 0 Å². The summed E-state index contributed by atoms with van der Waals surface area (Å²) >= 11 is 0. The van der Waals surface area contributed by atoms with Gasteiger partial charge < -0.3 is 14.8 Å². The molecule has 21 heavy (non-hydrogen) atoms. The largest absolute Gasteiger partial charge is 0.497 e. The number of hydrogen-bond donors (Lipinski definition) is 1. The minimum absolute atomic E-state index is 0.351. The van der Waals surface area contributed by atoms with Gasteiger partial charge in [-0.3, -0.25) is 4.79 Å². The van der Waals surface area contributed by atoms with Gasteiger partial charge in [0.1, 0.15) is 17.3 Å². The Morgan fingerprint density at radius 3 is 2.43 bits per heavy atom. The van der Waals surface area contributed by atoms with E-state index >= 15 is 0 Å². The summed E-state index contributed by atoms with van der Waals surface area (Å²) in [5.74, 6) is 0.504. The minimum Gasteiger partial charge on any atom is -0.497 e. The molecule has 0 aliphatic carbocycles. The number of carbonyl (C=O) groups excluding carboxylic acids is 1. The molecule has 0 saturated carbocycles. The Morgan fingerprint density at radius 2 is 1.81 bits per heavy atom. The molecule has 0 heterocycles. The smallest absolute Gasteiger partial charge is 0.265 e. The lowest BCUT2D eigenvalue weighted by atomic mass is 10.3. The normalized spacial score (nSPS) is 11.6. The maximum atomic E-state index is 13.0. The van der Waals surface area contributed by atoms with Crippen LogP contribution < -0.4 is 14.8 Å². The molecular weight excluding hydrogens is 273 g/mol. The van der Waals surface area contributed by atoms with Crippen LogP contribution in [0.5, 0.6) is 11.5 Å². The lowest BCUT2D eigenvalue weighted by molar-refractivity contribution is -0.122. The van der Waals surface area contributed by atoms with Gasteiger partial charge in [-0.1, -0.05) is 6.07 Å². The van der Waals surface area contributed by atoms with E-state index < -0.39 is 11.9 Å². The van der Waals surface area contributed by atoms with Crippen molar-refractivity contribution in [3.63, 3.8) is 0 Å². The van der Waals surface area contributed by atoms with Crippen molar-refractivity contribution in [3.05, 3.63) is 54.3 Å². The molecule has 5 heteroatoms. The number of benzene rings is 2. The van der Waals surface area contributed by atoms with Gasteiger partial charge in [-0.05, 0) is 49.4 Å². The Bertz CT molecular complexity index is 613. The zero-order chi connectivity index (χ0) is 15.2. The third-order valence-electron chi connectivity index (χ3n) is 2.83. The molecule has 1 amide bonds. The van der Waals surface area contributed by atoms with Crippen LogP contribution in [0.3, 0.4) is 0 Å². The minimum atomic E-state index is -0.707. The molecule has 110 valence electrons. The summed E-state index contributed by atoms with van der Waals surface area (Å²) in [7, 11) is 1.57. The van der Waals surface area contributed by atoms with Crippen LogP contribution in [0.2, 0.25) is 0 Å². The molecule has 0 bridgehead atoms. The number of hydrogen-bond acceptors (Lipinski definition) is 3. The number of methoxy groups -OCH3 is 1. The molecule has 2 aromatic rings. The SMILES string of the molecule is COc1ccc(O[C@@H](C)C(=O)Nc2cccc(F)c2)cc1. The highest BCUT2D eigenvalue weighted by atomic mass is 19.1. The van der Waals surface area contributed by atoms with Crippen LogP contribution in [0.25, 0.3) is 0 Å². The topological polar surface area (TPSA) is 47.6 Å². The quantitative estimate of drug-likeness (QED) is 0.919. The number of nitrogens with one attached hydrogen (secondary N) is 1. The molecule has 0 aromatic heterocycles. The Morgan fingerprint density at radius 1 is 1.14 bits per heavy atom. The molecule has 2 aromatic carbocycles. The molecule has 0 unspecified atom stereocenters. The van der Waals surface area contributed by atoms with E-state index in [9.17, 15) is 9.18 Å².